The van der Waals surface area contributed by atoms with Crippen molar-refractivity contribution in [2.24, 2.45) is 5.92 Å². The number of carbonyl (C=O) groups excluding carboxylic acids is 2. The maximum Gasteiger partial charge on any atom is 0.328 e. The Morgan fingerprint density at radius 3 is 2.29 bits per heavy atom. The molecule has 1 amide bonds. The number of carbonyl (C=O) groups is 2. The minimum absolute atomic E-state index is 0.0845. The Labute approximate surface area is 134 Å². The van der Waals surface area contributed by atoms with Crippen LogP contribution < -0.4 is 5.32 Å². The number of benzene rings is 1. The van der Waals surface area contributed by atoms with E-state index in [4.69, 9.17) is 23.2 Å². The number of esters is 1. The molecule has 0 aliphatic rings. The van der Waals surface area contributed by atoms with Crippen molar-refractivity contribution in [2.45, 2.75) is 19.9 Å². The average Bonchev–Trinajstić information content (AvgIpc) is 2.43. The number of rotatable bonds is 5. The SMILES string of the molecule is COC(=O)[C@H](NC(=O)/C=C/c1c(Cl)cccc1Cl)C(C)C. The fourth-order valence-corrected chi connectivity index (χ4v) is 2.18. The molecule has 0 fully saturated rings. The molecule has 0 unspecified atom stereocenters. The maximum atomic E-state index is 11.9. The summed E-state index contributed by atoms with van der Waals surface area (Å²) in [5.74, 6) is -0.990. The molecule has 0 spiro atoms. The van der Waals surface area contributed by atoms with E-state index in [-0.39, 0.29) is 5.92 Å². The quantitative estimate of drug-likeness (QED) is 0.666. The molecular weight excluding hydrogens is 313 g/mol. The van der Waals surface area contributed by atoms with Gasteiger partial charge in [-0.3, -0.25) is 4.79 Å². The van der Waals surface area contributed by atoms with Crippen molar-refractivity contribution in [2.75, 3.05) is 7.11 Å². The van der Waals surface area contributed by atoms with Crippen LogP contribution in [-0.2, 0) is 14.3 Å². The molecule has 0 aromatic heterocycles. The topological polar surface area (TPSA) is 55.4 Å². The fraction of sp³-hybridized carbons (Fsp3) is 0.333. The normalized spacial score (nSPS) is 12.5. The van der Waals surface area contributed by atoms with Gasteiger partial charge in [0.1, 0.15) is 6.04 Å². The fourth-order valence-electron chi connectivity index (χ4n) is 1.66. The summed E-state index contributed by atoms with van der Waals surface area (Å²) in [7, 11) is 1.28. The molecule has 0 bridgehead atoms. The van der Waals surface area contributed by atoms with Gasteiger partial charge in [-0.2, -0.15) is 0 Å². The van der Waals surface area contributed by atoms with E-state index in [0.717, 1.165) is 0 Å². The van der Waals surface area contributed by atoms with Crippen LogP contribution in [0.15, 0.2) is 24.3 Å². The van der Waals surface area contributed by atoms with Crippen LogP contribution in [0, 0.1) is 5.92 Å². The second-order valence-corrected chi connectivity index (χ2v) is 5.54. The zero-order valence-electron chi connectivity index (χ0n) is 12.0. The average molecular weight is 330 g/mol. The van der Waals surface area contributed by atoms with Crippen molar-refractivity contribution < 1.29 is 14.3 Å². The summed E-state index contributed by atoms with van der Waals surface area (Å²) >= 11 is 12.0. The molecule has 1 N–H and O–H groups in total. The summed E-state index contributed by atoms with van der Waals surface area (Å²) in [6, 6.07) is 4.37. The lowest BCUT2D eigenvalue weighted by Crippen LogP contribution is -2.44. The van der Waals surface area contributed by atoms with Crippen LogP contribution in [0.3, 0.4) is 0 Å². The molecule has 6 heteroatoms. The van der Waals surface area contributed by atoms with Gasteiger partial charge >= 0.3 is 5.97 Å². The van der Waals surface area contributed by atoms with Crippen molar-refractivity contribution in [3.63, 3.8) is 0 Å². The van der Waals surface area contributed by atoms with Gasteiger partial charge in [0, 0.05) is 21.7 Å². The number of hydrogen-bond donors (Lipinski definition) is 1. The molecule has 4 nitrogen and oxygen atoms in total. The lowest BCUT2D eigenvalue weighted by Gasteiger charge is -2.18. The minimum atomic E-state index is -0.700. The summed E-state index contributed by atoms with van der Waals surface area (Å²) in [5, 5.41) is 3.48. The highest BCUT2D eigenvalue weighted by molar-refractivity contribution is 6.37. The highest BCUT2D eigenvalue weighted by atomic mass is 35.5. The third kappa shape index (κ3) is 5.06. The molecule has 0 radical (unpaired) electrons. The summed E-state index contributed by atoms with van der Waals surface area (Å²) in [5.41, 5.74) is 0.551. The Hall–Kier alpha value is -1.52. The van der Waals surface area contributed by atoms with Gasteiger partial charge in [-0.25, -0.2) is 4.79 Å². The summed E-state index contributed by atoms with van der Waals surface area (Å²) in [6.45, 7) is 3.63. The Morgan fingerprint density at radius 2 is 1.81 bits per heavy atom. The van der Waals surface area contributed by atoms with E-state index in [1.165, 1.54) is 19.3 Å². The van der Waals surface area contributed by atoms with Crippen molar-refractivity contribution in [1.29, 1.82) is 0 Å². The minimum Gasteiger partial charge on any atom is -0.467 e. The smallest absolute Gasteiger partial charge is 0.328 e. The first-order valence-electron chi connectivity index (χ1n) is 6.37. The molecule has 1 aromatic rings. The van der Waals surface area contributed by atoms with Gasteiger partial charge < -0.3 is 10.1 Å². The number of methoxy groups -OCH3 is 1. The van der Waals surface area contributed by atoms with Gasteiger partial charge in [-0.05, 0) is 24.1 Å². The second kappa shape index (κ2) is 8.05. The van der Waals surface area contributed by atoms with Gasteiger partial charge in [0.05, 0.1) is 7.11 Å². The first kappa shape index (κ1) is 17.5. The molecule has 0 aliphatic carbocycles. The molecule has 21 heavy (non-hydrogen) atoms. The van der Waals surface area contributed by atoms with E-state index >= 15 is 0 Å². The summed E-state index contributed by atoms with van der Waals surface area (Å²) in [4.78, 5) is 23.5. The molecule has 0 aliphatic heterocycles. The second-order valence-electron chi connectivity index (χ2n) is 4.72. The largest absolute Gasteiger partial charge is 0.467 e. The lowest BCUT2D eigenvalue weighted by molar-refractivity contribution is -0.145. The van der Waals surface area contributed by atoms with E-state index < -0.39 is 17.9 Å². The highest BCUT2D eigenvalue weighted by Crippen LogP contribution is 2.25. The highest BCUT2D eigenvalue weighted by Gasteiger charge is 2.23. The number of halogens is 2. The maximum absolute atomic E-state index is 11.9. The number of amides is 1. The van der Waals surface area contributed by atoms with Gasteiger partial charge in [-0.15, -0.1) is 0 Å². The zero-order valence-corrected chi connectivity index (χ0v) is 13.5. The van der Waals surface area contributed by atoms with Crippen LogP contribution in [0.1, 0.15) is 19.4 Å². The number of nitrogens with one attached hydrogen (secondary N) is 1. The third-order valence-corrected chi connectivity index (χ3v) is 3.48. The van der Waals surface area contributed by atoms with Crippen LogP contribution >= 0.6 is 23.2 Å². The number of ether oxygens (including phenoxy) is 1. The van der Waals surface area contributed by atoms with Gasteiger partial charge in [0.15, 0.2) is 0 Å². The van der Waals surface area contributed by atoms with Crippen LogP contribution in [0.4, 0.5) is 0 Å². The number of hydrogen-bond acceptors (Lipinski definition) is 3. The van der Waals surface area contributed by atoms with E-state index in [0.29, 0.717) is 15.6 Å². The monoisotopic (exact) mass is 329 g/mol. The van der Waals surface area contributed by atoms with Crippen LogP contribution in [-0.4, -0.2) is 25.0 Å². The van der Waals surface area contributed by atoms with E-state index in [1.807, 2.05) is 13.8 Å². The molecule has 1 atom stereocenters. The summed E-state index contributed by atoms with van der Waals surface area (Å²) < 4.78 is 4.66. The third-order valence-electron chi connectivity index (χ3n) is 2.82. The molecule has 1 rings (SSSR count). The zero-order chi connectivity index (χ0) is 16.0. The predicted molar refractivity (Wildman–Crippen MR) is 84.3 cm³/mol. The Morgan fingerprint density at radius 1 is 1.24 bits per heavy atom. The Balaban J connectivity index is 2.81. The molecular formula is C15H17Cl2NO3. The Bertz CT molecular complexity index is 536. The molecule has 0 heterocycles. The summed E-state index contributed by atoms with van der Waals surface area (Å²) in [6.07, 6.45) is 2.79. The van der Waals surface area contributed by atoms with Crippen LogP contribution in [0.25, 0.3) is 6.08 Å². The lowest BCUT2D eigenvalue weighted by atomic mass is 10.0. The van der Waals surface area contributed by atoms with E-state index in [1.54, 1.807) is 18.2 Å². The van der Waals surface area contributed by atoms with Gasteiger partial charge in [0.25, 0.3) is 0 Å². The molecule has 1 aromatic carbocycles. The predicted octanol–water partition coefficient (Wildman–Crippen LogP) is 3.32. The molecule has 114 valence electrons. The van der Waals surface area contributed by atoms with Crippen LogP contribution in [0.5, 0.6) is 0 Å². The molecule has 0 saturated heterocycles. The van der Waals surface area contributed by atoms with Gasteiger partial charge in [-0.1, -0.05) is 43.1 Å². The van der Waals surface area contributed by atoms with Crippen LogP contribution in [0.2, 0.25) is 10.0 Å². The van der Waals surface area contributed by atoms with Crippen molar-refractivity contribution in [1.82, 2.24) is 5.32 Å². The van der Waals surface area contributed by atoms with Crippen molar-refractivity contribution >= 4 is 41.2 Å². The van der Waals surface area contributed by atoms with E-state index in [2.05, 4.69) is 10.1 Å². The molecule has 0 saturated carbocycles. The van der Waals surface area contributed by atoms with Gasteiger partial charge in [0.2, 0.25) is 5.91 Å². The van der Waals surface area contributed by atoms with Crippen molar-refractivity contribution in [3.05, 3.63) is 39.9 Å². The first-order valence-corrected chi connectivity index (χ1v) is 7.12. The first-order chi connectivity index (χ1) is 9.86. The standard InChI is InChI=1S/C15H17Cl2NO3/c1-9(2)14(15(20)21-3)18-13(19)8-7-10-11(16)5-4-6-12(10)17/h4-9,14H,1-3H3,(H,18,19)/b8-7+/t14-/m1/s1. The van der Waals surface area contributed by atoms with E-state index in [9.17, 15) is 9.59 Å². The van der Waals surface area contributed by atoms with Crippen molar-refractivity contribution in [3.8, 4) is 0 Å². The Kier molecular flexibility index (Phi) is 6.72.